The minimum atomic E-state index is 0.124. The van der Waals surface area contributed by atoms with Crippen LogP contribution in [0.5, 0.6) is 0 Å². The van der Waals surface area contributed by atoms with E-state index in [0.29, 0.717) is 18.3 Å². The molecular weight excluding hydrogens is 290 g/mol. The molecule has 0 aromatic carbocycles. The van der Waals surface area contributed by atoms with Crippen LogP contribution >= 0.6 is 0 Å². The molecular formula is C17H19N5O. The van der Waals surface area contributed by atoms with Crippen molar-refractivity contribution in [2.24, 2.45) is 0 Å². The van der Waals surface area contributed by atoms with Crippen molar-refractivity contribution in [1.82, 2.24) is 19.9 Å². The molecule has 0 bridgehead atoms. The fraction of sp³-hybridized carbons (Fsp3) is 0.412. The Morgan fingerprint density at radius 2 is 2.17 bits per heavy atom. The second kappa shape index (κ2) is 5.61. The molecule has 2 aliphatic rings. The topological polar surface area (TPSA) is 71.0 Å². The summed E-state index contributed by atoms with van der Waals surface area (Å²) in [6.07, 6.45) is 6.33. The van der Waals surface area contributed by atoms with Gasteiger partial charge in [-0.1, -0.05) is 0 Å². The standard InChI is InChI=1S/C17H19N5O/c1-11-7-15(21-17(19-11)12-3-2-6-18-9-12)20-13-8-16(23)22(10-13)14-4-5-14/h2-3,6-7,9,13-14H,4-5,8,10H2,1H3,(H,19,20,21). The van der Waals surface area contributed by atoms with Crippen LogP contribution in [0.25, 0.3) is 11.4 Å². The summed E-state index contributed by atoms with van der Waals surface area (Å²) in [5.74, 6) is 1.68. The van der Waals surface area contributed by atoms with Crippen LogP contribution in [0.1, 0.15) is 25.0 Å². The van der Waals surface area contributed by atoms with Gasteiger partial charge in [-0.2, -0.15) is 0 Å². The Hall–Kier alpha value is -2.50. The zero-order valence-corrected chi connectivity index (χ0v) is 13.1. The zero-order valence-electron chi connectivity index (χ0n) is 13.1. The minimum Gasteiger partial charge on any atom is -0.365 e. The quantitative estimate of drug-likeness (QED) is 0.935. The number of carbonyl (C=O) groups is 1. The van der Waals surface area contributed by atoms with E-state index in [9.17, 15) is 4.79 Å². The number of rotatable bonds is 4. The van der Waals surface area contributed by atoms with Gasteiger partial charge in [0.2, 0.25) is 5.91 Å². The first kappa shape index (κ1) is 14.1. The van der Waals surface area contributed by atoms with Gasteiger partial charge in [-0.15, -0.1) is 0 Å². The first-order valence-electron chi connectivity index (χ1n) is 8.01. The van der Waals surface area contributed by atoms with Crippen LogP contribution < -0.4 is 5.32 Å². The van der Waals surface area contributed by atoms with Crippen molar-refractivity contribution < 1.29 is 4.79 Å². The summed E-state index contributed by atoms with van der Waals surface area (Å²) in [5.41, 5.74) is 1.78. The highest BCUT2D eigenvalue weighted by Crippen LogP contribution is 2.31. The van der Waals surface area contributed by atoms with E-state index >= 15 is 0 Å². The van der Waals surface area contributed by atoms with Crippen LogP contribution in [0.2, 0.25) is 0 Å². The van der Waals surface area contributed by atoms with Crippen molar-refractivity contribution >= 4 is 11.7 Å². The van der Waals surface area contributed by atoms with Gasteiger partial charge in [-0.05, 0) is 31.9 Å². The molecule has 1 saturated carbocycles. The third kappa shape index (κ3) is 3.02. The van der Waals surface area contributed by atoms with Crippen LogP contribution in [0.15, 0.2) is 30.6 Å². The lowest BCUT2D eigenvalue weighted by Crippen LogP contribution is -2.30. The van der Waals surface area contributed by atoms with E-state index in [-0.39, 0.29) is 11.9 Å². The third-order valence-electron chi connectivity index (χ3n) is 4.27. The molecule has 2 aromatic rings. The van der Waals surface area contributed by atoms with Crippen LogP contribution in [0.4, 0.5) is 5.82 Å². The number of hydrogen-bond acceptors (Lipinski definition) is 5. The van der Waals surface area contributed by atoms with E-state index in [1.165, 1.54) is 0 Å². The molecule has 1 unspecified atom stereocenters. The molecule has 0 radical (unpaired) electrons. The second-order valence-electron chi connectivity index (χ2n) is 6.28. The van der Waals surface area contributed by atoms with Gasteiger partial charge in [0.25, 0.3) is 0 Å². The van der Waals surface area contributed by atoms with Crippen molar-refractivity contribution in [3.8, 4) is 11.4 Å². The average molecular weight is 309 g/mol. The van der Waals surface area contributed by atoms with Crippen molar-refractivity contribution in [2.75, 3.05) is 11.9 Å². The summed E-state index contributed by atoms with van der Waals surface area (Å²) in [6, 6.07) is 6.34. The SMILES string of the molecule is Cc1cc(NC2CC(=O)N(C3CC3)C2)nc(-c2cccnc2)n1. The van der Waals surface area contributed by atoms with E-state index in [4.69, 9.17) is 0 Å². The van der Waals surface area contributed by atoms with E-state index in [1.807, 2.05) is 30.0 Å². The second-order valence-corrected chi connectivity index (χ2v) is 6.28. The molecule has 1 amide bonds. The average Bonchev–Trinajstić information content (AvgIpc) is 3.32. The smallest absolute Gasteiger partial charge is 0.225 e. The largest absolute Gasteiger partial charge is 0.365 e. The molecule has 1 aliphatic heterocycles. The maximum absolute atomic E-state index is 12.1. The third-order valence-corrected chi connectivity index (χ3v) is 4.27. The molecule has 1 saturated heterocycles. The lowest BCUT2D eigenvalue weighted by atomic mass is 10.2. The van der Waals surface area contributed by atoms with Crippen molar-refractivity contribution in [3.05, 3.63) is 36.3 Å². The maximum Gasteiger partial charge on any atom is 0.225 e. The Bertz CT molecular complexity index is 729. The Morgan fingerprint density at radius 1 is 1.30 bits per heavy atom. The van der Waals surface area contributed by atoms with Gasteiger partial charge >= 0.3 is 0 Å². The maximum atomic E-state index is 12.1. The predicted octanol–water partition coefficient (Wildman–Crippen LogP) is 2.02. The van der Waals surface area contributed by atoms with Gasteiger partial charge in [0, 0.05) is 48.7 Å². The van der Waals surface area contributed by atoms with Crippen LogP contribution in [-0.4, -0.2) is 44.4 Å². The van der Waals surface area contributed by atoms with Crippen molar-refractivity contribution in [3.63, 3.8) is 0 Å². The normalized spacial score (nSPS) is 20.8. The Labute approximate surface area is 135 Å². The Morgan fingerprint density at radius 3 is 2.91 bits per heavy atom. The lowest BCUT2D eigenvalue weighted by molar-refractivity contribution is -0.128. The molecule has 1 N–H and O–H groups in total. The number of aryl methyl sites for hydroxylation is 1. The number of hydrogen-bond donors (Lipinski definition) is 1. The van der Waals surface area contributed by atoms with E-state index < -0.39 is 0 Å². The number of amides is 1. The van der Waals surface area contributed by atoms with Gasteiger partial charge < -0.3 is 10.2 Å². The summed E-state index contributed by atoms with van der Waals surface area (Å²) in [6.45, 7) is 2.72. The highest BCUT2D eigenvalue weighted by Gasteiger charge is 2.39. The van der Waals surface area contributed by atoms with Crippen LogP contribution in [-0.2, 0) is 4.79 Å². The summed E-state index contributed by atoms with van der Waals surface area (Å²) in [7, 11) is 0. The molecule has 4 rings (SSSR count). The Kier molecular flexibility index (Phi) is 3.44. The van der Waals surface area contributed by atoms with E-state index in [1.54, 1.807) is 12.4 Å². The molecule has 6 heteroatoms. The lowest BCUT2D eigenvalue weighted by Gasteiger charge is -2.17. The minimum absolute atomic E-state index is 0.124. The summed E-state index contributed by atoms with van der Waals surface area (Å²) in [5, 5.41) is 3.40. The van der Waals surface area contributed by atoms with Gasteiger partial charge in [-0.3, -0.25) is 9.78 Å². The molecule has 0 spiro atoms. The predicted molar refractivity (Wildman–Crippen MR) is 86.8 cm³/mol. The first-order chi connectivity index (χ1) is 11.2. The highest BCUT2D eigenvalue weighted by molar-refractivity contribution is 5.80. The summed E-state index contributed by atoms with van der Waals surface area (Å²) >= 11 is 0. The van der Waals surface area contributed by atoms with E-state index in [0.717, 1.165) is 36.5 Å². The summed E-state index contributed by atoms with van der Waals surface area (Å²) < 4.78 is 0. The van der Waals surface area contributed by atoms with Crippen LogP contribution in [0.3, 0.4) is 0 Å². The number of likely N-dealkylation sites (tertiary alicyclic amines) is 1. The fourth-order valence-electron chi connectivity index (χ4n) is 3.04. The number of aromatic nitrogens is 3. The molecule has 1 aliphatic carbocycles. The monoisotopic (exact) mass is 309 g/mol. The molecule has 2 fully saturated rings. The molecule has 1 atom stereocenters. The number of carbonyl (C=O) groups excluding carboxylic acids is 1. The fourth-order valence-corrected chi connectivity index (χ4v) is 3.04. The number of anilines is 1. The molecule has 6 nitrogen and oxygen atoms in total. The van der Waals surface area contributed by atoms with Gasteiger partial charge in [-0.25, -0.2) is 9.97 Å². The molecule has 3 heterocycles. The van der Waals surface area contributed by atoms with Gasteiger partial charge in [0.1, 0.15) is 5.82 Å². The Balaban J connectivity index is 1.53. The molecule has 23 heavy (non-hydrogen) atoms. The molecule has 2 aromatic heterocycles. The van der Waals surface area contributed by atoms with Gasteiger partial charge in [0.15, 0.2) is 5.82 Å². The van der Waals surface area contributed by atoms with E-state index in [2.05, 4.69) is 20.3 Å². The first-order valence-corrected chi connectivity index (χ1v) is 8.01. The summed E-state index contributed by atoms with van der Waals surface area (Å²) in [4.78, 5) is 27.2. The molecule has 118 valence electrons. The van der Waals surface area contributed by atoms with Crippen molar-refractivity contribution in [2.45, 2.75) is 38.3 Å². The van der Waals surface area contributed by atoms with Crippen molar-refractivity contribution in [1.29, 1.82) is 0 Å². The number of nitrogens with zero attached hydrogens (tertiary/aromatic N) is 4. The van der Waals surface area contributed by atoms with Crippen LogP contribution in [0, 0.1) is 6.92 Å². The number of pyridine rings is 1. The zero-order chi connectivity index (χ0) is 15.8. The highest BCUT2D eigenvalue weighted by atomic mass is 16.2. The van der Waals surface area contributed by atoms with Gasteiger partial charge in [0.05, 0.1) is 6.04 Å². The number of nitrogens with one attached hydrogen (secondary N) is 1.